The van der Waals surface area contributed by atoms with Crippen LogP contribution in [0.5, 0.6) is 0 Å². The average Bonchev–Trinajstić information content (AvgIpc) is 3.14. The molecule has 0 saturated carbocycles. The van der Waals surface area contributed by atoms with Crippen molar-refractivity contribution in [3.63, 3.8) is 0 Å². The number of hydrogen-bond acceptors (Lipinski definition) is 7. The lowest BCUT2D eigenvalue weighted by atomic mass is 9.97. The predicted molar refractivity (Wildman–Crippen MR) is 90.7 cm³/mol. The van der Waals surface area contributed by atoms with E-state index in [9.17, 15) is 19.8 Å². The molecule has 2 aliphatic rings. The van der Waals surface area contributed by atoms with Crippen molar-refractivity contribution in [3.8, 4) is 0 Å². The van der Waals surface area contributed by atoms with Gasteiger partial charge in [-0.2, -0.15) is 0 Å². The highest BCUT2D eigenvalue weighted by molar-refractivity contribution is 5.80. The van der Waals surface area contributed by atoms with Crippen LogP contribution in [0.3, 0.4) is 0 Å². The smallest absolute Gasteiger partial charge is 0.341 e. The normalized spacial score (nSPS) is 31.0. The van der Waals surface area contributed by atoms with Gasteiger partial charge in [0.1, 0.15) is 6.10 Å². The van der Waals surface area contributed by atoms with Gasteiger partial charge >= 0.3 is 11.9 Å². The van der Waals surface area contributed by atoms with E-state index in [2.05, 4.69) is 4.90 Å². The molecule has 0 aromatic rings. The third kappa shape index (κ3) is 4.33. The van der Waals surface area contributed by atoms with E-state index in [1.807, 2.05) is 6.92 Å². The van der Waals surface area contributed by atoms with Crippen molar-refractivity contribution in [2.24, 2.45) is 11.8 Å². The molecule has 0 aromatic heterocycles. The number of aliphatic hydroxyl groups is 2. The van der Waals surface area contributed by atoms with E-state index >= 15 is 0 Å². The first kappa shape index (κ1) is 20.1. The van der Waals surface area contributed by atoms with Crippen LogP contribution in [-0.4, -0.2) is 70.6 Å². The molecule has 2 aliphatic heterocycles. The van der Waals surface area contributed by atoms with Crippen LogP contribution >= 0.6 is 0 Å². The highest BCUT2D eigenvalue weighted by Gasteiger charge is 2.45. The molecule has 7 nitrogen and oxygen atoms in total. The fraction of sp³-hybridized carbons (Fsp3) is 0.889. The van der Waals surface area contributed by atoms with Gasteiger partial charge in [0.2, 0.25) is 0 Å². The van der Waals surface area contributed by atoms with Crippen LogP contribution < -0.4 is 0 Å². The van der Waals surface area contributed by atoms with E-state index in [0.29, 0.717) is 6.42 Å². The fourth-order valence-corrected chi connectivity index (χ4v) is 3.49. The number of esters is 2. The van der Waals surface area contributed by atoms with Crippen molar-refractivity contribution in [2.75, 3.05) is 19.7 Å². The van der Waals surface area contributed by atoms with Gasteiger partial charge in [-0.15, -0.1) is 0 Å². The molecule has 2 saturated heterocycles. The van der Waals surface area contributed by atoms with Crippen LogP contribution in [0.4, 0.5) is 0 Å². The van der Waals surface area contributed by atoms with Crippen molar-refractivity contribution in [2.45, 2.75) is 70.8 Å². The Morgan fingerprint density at radius 2 is 1.92 bits per heavy atom. The lowest BCUT2D eigenvalue weighted by molar-refractivity contribution is -0.186. The number of nitrogens with zero attached hydrogens (tertiary/aromatic N) is 1. The third-order valence-electron chi connectivity index (χ3n) is 5.74. The van der Waals surface area contributed by atoms with Crippen LogP contribution in [0.1, 0.15) is 47.0 Å². The molecule has 6 unspecified atom stereocenters. The Bertz CT molecular complexity index is 494. The standard InChI is InChI=1S/C18H31NO6/c1-5-11(2)16(21)25-12(3)18(4,23)17(22)24-10-13-6-8-19-9-7-14(20)15(13)19/h11-15,20,23H,5-10H2,1-4H3. The predicted octanol–water partition coefficient (Wildman–Crippen LogP) is 0.714. The SMILES string of the molecule is CCC(C)C(=O)OC(C)C(C)(O)C(=O)OCC1CCN2CCC(O)C12. The lowest BCUT2D eigenvalue weighted by Gasteiger charge is -2.29. The van der Waals surface area contributed by atoms with Gasteiger partial charge < -0.3 is 19.7 Å². The zero-order valence-electron chi connectivity index (χ0n) is 15.6. The number of hydrogen-bond donors (Lipinski definition) is 2. The minimum atomic E-state index is -1.91. The maximum absolute atomic E-state index is 12.3. The van der Waals surface area contributed by atoms with Crippen LogP contribution in [0, 0.1) is 11.8 Å². The first-order chi connectivity index (χ1) is 11.7. The number of rotatable bonds is 7. The Morgan fingerprint density at radius 3 is 2.56 bits per heavy atom. The number of ether oxygens (including phenoxy) is 2. The monoisotopic (exact) mass is 357 g/mol. The van der Waals surface area contributed by atoms with Gasteiger partial charge in [0.25, 0.3) is 0 Å². The Hall–Kier alpha value is -1.18. The molecule has 6 atom stereocenters. The molecular formula is C18H31NO6. The Morgan fingerprint density at radius 1 is 1.28 bits per heavy atom. The summed E-state index contributed by atoms with van der Waals surface area (Å²) in [6.07, 6.45) is 0.839. The van der Waals surface area contributed by atoms with Gasteiger partial charge in [0, 0.05) is 18.5 Å². The first-order valence-electron chi connectivity index (χ1n) is 9.20. The molecule has 0 aliphatic carbocycles. The van der Waals surface area contributed by atoms with Crippen LogP contribution in [-0.2, 0) is 19.1 Å². The summed E-state index contributed by atoms with van der Waals surface area (Å²) >= 11 is 0. The zero-order valence-corrected chi connectivity index (χ0v) is 15.6. The number of carbonyl (C=O) groups excluding carboxylic acids is 2. The summed E-state index contributed by atoms with van der Waals surface area (Å²) in [5.41, 5.74) is -1.91. The molecule has 0 radical (unpaired) electrons. The summed E-state index contributed by atoms with van der Waals surface area (Å²) in [4.78, 5) is 26.4. The van der Waals surface area contributed by atoms with Gasteiger partial charge in [0.05, 0.1) is 18.6 Å². The molecule has 0 aromatic carbocycles. The summed E-state index contributed by atoms with van der Waals surface area (Å²) in [7, 11) is 0. The minimum Gasteiger partial charge on any atom is -0.463 e. The van der Waals surface area contributed by atoms with Crippen LogP contribution in [0.25, 0.3) is 0 Å². The maximum atomic E-state index is 12.3. The summed E-state index contributed by atoms with van der Waals surface area (Å²) in [5, 5.41) is 20.5. The highest BCUT2D eigenvalue weighted by atomic mass is 16.6. The highest BCUT2D eigenvalue weighted by Crippen LogP contribution is 2.33. The van der Waals surface area contributed by atoms with Gasteiger partial charge in [-0.1, -0.05) is 13.8 Å². The molecule has 25 heavy (non-hydrogen) atoms. The molecule has 2 rings (SSSR count). The van der Waals surface area contributed by atoms with Crippen LogP contribution in [0.2, 0.25) is 0 Å². The van der Waals surface area contributed by atoms with Gasteiger partial charge in [0.15, 0.2) is 5.60 Å². The van der Waals surface area contributed by atoms with Crippen molar-refractivity contribution >= 4 is 11.9 Å². The molecule has 144 valence electrons. The Kier molecular flexibility index (Phi) is 6.45. The van der Waals surface area contributed by atoms with Crippen molar-refractivity contribution in [1.29, 1.82) is 0 Å². The molecular weight excluding hydrogens is 326 g/mol. The summed E-state index contributed by atoms with van der Waals surface area (Å²) in [6, 6.07) is 0.0263. The van der Waals surface area contributed by atoms with E-state index in [-0.39, 0.29) is 30.6 Å². The topological polar surface area (TPSA) is 96.3 Å². The molecule has 7 heteroatoms. The maximum Gasteiger partial charge on any atom is 0.341 e. The Labute approximate surface area is 149 Å². The quantitative estimate of drug-likeness (QED) is 0.648. The Balaban J connectivity index is 1.87. The van der Waals surface area contributed by atoms with E-state index in [1.54, 1.807) is 6.92 Å². The summed E-state index contributed by atoms with van der Waals surface area (Å²) in [6.45, 7) is 8.31. The zero-order chi connectivity index (χ0) is 18.8. The second-order valence-corrected chi connectivity index (χ2v) is 7.57. The molecule has 2 fully saturated rings. The van der Waals surface area contributed by atoms with Gasteiger partial charge in [-0.3, -0.25) is 9.69 Å². The minimum absolute atomic E-state index is 0.0263. The molecule has 2 N–H and O–H groups in total. The van der Waals surface area contributed by atoms with E-state index in [1.165, 1.54) is 13.8 Å². The number of carbonyl (C=O) groups is 2. The fourth-order valence-electron chi connectivity index (χ4n) is 3.49. The summed E-state index contributed by atoms with van der Waals surface area (Å²) in [5.74, 6) is -1.47. The van der Waals surface area contributed by atoms with E-state index in [4.69, 9.17) is 9.47 Å². The van der Waals surface area contributed by atoms with Crippen molar-refractivity contribution in [3.05, 3.63) is 0 Å². The van der Waals surface area contributed by atoms with Crippen LogP contribution in [0.15, 0.2) is 0 Å². The average molecular weight is 357 g/mol. The van der Waals surface area contributed by atoms with Crippen molar-refractivity contribution in [1.82, 2.24) is 4.90 Å². The molecule has 2 heterocycles. The molecule has 0 spiro atoms. The van der Waals surface area contributed by atoms with Gasteiger partial charge in [-0.25, -0.2) is 4.79 Å². The summed E-state index contributed by atoms with van der Waals surface area (Å²) < 4.78 is 10.5. The largest absolute Gasteiger partial charge is 0.463 e. The lowest BCUT2D eigenvalue weighted by Crippen LogP contribution is -2.49. The van der Waals surface area contributed by atoms with Crippen molar-refractivity contribution < 1.29 is 29.3 Å². The second-order valence-electron chi connectivity index (χ2n) is 7.57. The first-order valence-corrected chi connectivity index (χ1v) is 9.20. The molecule has 0 amide bonds. The number of fused-ring (bicyclic) bond motifs is 1. The van der Waals surface area contributed by atoms with E-state index < -0.39 is 23.6 Å². The third-order valence-corrected chi connectivity index (χ3v) is 5.74. The van der Waals surface area contributed by atoms with Gasteiger partial charge in [-0.05, 0) is 39.7 Å². The number of aliphatic hydroxyl groups excluding tert-OH is 1. The molecule has 0 bridgehead atoms. The van der Waals surface area contributed by atoms with E-state index in [0.717, 1.165) is 25.9 Å². The second kappa shape index (κ2) is 8.01.